The number of hydrogen-bond acceptors (Lipinski definition) is 1. The Morgan fingerprint density at radius 1 is 1.25 bits per heavy atom. The van der Waals surface area contributed by atoms with Crippen LogP contribution in [0.15, 0.2) is 0 Å². The Labute approximate surface area is 46.9 Å². The molecule has 0 aromatic carbocycles. The van der Waals surface area contributed by atoms with Gasteiger partial charge in [-0.2, -0.15) is 0 Å². The van der Waals surface area contributed by atoms with E-state index in [0.717, 1.165) is 0 Å². The first-order valence-corrected chi connectivity index (χ1v) is 0.636. The van der Waals surface area contributed by atoms with Crippen LogP contribution in [0.25, 0.3) is 0 Å². The van der Waals surface area contributed by atoms with Gasteiger partial charge in [0.15, 0.2) is 0 Å². The smallest absolute Gasteiger partial charge is 0 e. The summed E-state index contributed by atoms with van der Waals surface area (Å²) in [5, 5.41) is 0. The third-order valence-electron chi connectivity index (χ3n) is 0. The zero-order valence-corrected chi connectivity index (χ0v) is 6.64. The molecule has 0 spiro atoms. The molecular formula is CH3MnOZn-. The average molecular weight is 151 g/mol. The van der Waals surface area contributed by atoms with Gasteiger partial charge in [-0.1, -0.05) is 0 Å². The van der Waals surface area contributed by atoms with Gasteiger partial charge in [0.25, 0.3) is 0 Å². The van der Waals surface area contributed by atoms with Crippen LogP contribution in [0.1, 0.15) is 0 Å². The molecule has 0 bridgehead atoms. The van der Waals surface area contributed by atoms with Crippen molar-refractivity contribution in [2.75, 3.05) is 0 Å². The maximum Gasteiger partial charge on any atom is 0 e. The van der Waals surface area contributed by atoms with Crippen LogP contribution in [-0.4, -0.2) is 0 Å². The van der Waals surface area contributed by atoms with Gasteiger partial charge >= 0.3 is 19.8 Å². The van der Waals surface area contributed by atoms with Crippen LogP contribution in [0.3, 0.4) is 0 Å². The quantitative estimate of drug-likeness (QED) is 0.360. The van der Waals surface area contributed by atoms with Crippen molar-refractivity contribution < 1.29 is 39.3 Å². The molecule has 0 aliphatic heterocycles. The van der Waals surface area contributed by atoms with Crippen LogP contribution < -0.4 is 0 Å². The van der Waals surface area contributed by atoms with E-state index in [-0.39, 0.29) is 26.9 Å². The van der Waals surface area contributed by atoms with E-state index in [0.29, 0.717) is 0 Å². The Hall–Kier alpha value is 0.943. The van der Waals surface area contributed by atoms with Crippen LogP contribution >= 0.6 is 0 Å². The second kappa shape index (κ2) is 38.4. The van der Waals surface area contributed by atoms with Crippen LogP contribution in [0.5, 0.6) is 0 Å². The van der Waals surface area contributed by atoms with Crippen molar-refractivity contribution in [3.63, 3.8) is 0 Å². The van der Waals surface area contributed by atoms with E-state index in [9.17, 15) is 0 Å². The summed E-state index contributed by atoms with van der Waals surface area (Å²) >= 11 is 1.69. The summed E-state index contributed by atoms with van der Waals surface area (Å²) in [5.41, 5.74) is 0. The summed E-state index contributed by atoms with van der Waals surface area (Å²) < 4.78 is 8.06. The van der Waals surface area contributed by atoms with E-state index in [1.165, 1.54) is 0 Å². The summed E-state index contributed by atoms with van der Waals surface area (Å²) in [4.78, 5) is 0. The van der Waals surface area contributed by atoms with Crippen molar-refractivity contribution in [3.8, 4) is 0 Å². The predicted octanol–water partition coefficient (Wildman–Crippen LogP) is 0.326. The minimum atomic E-state index is 0. The molecule has 0 radical (unpaired) electrons. The van der Waals surface area contributed by atoms with Crippen molar-refractivity contribution in [3.05, 3.63) is 7.43 Å². The van der Waals surface area contributed by atoms with Crippen molar-refractivity contribution in [2.45, 2.75) is 0 Å². The van der Waals surface area contributed by atoms with Gasteiger partial charge in [-0.15, -0.1) is 0 Å². The zero-order valence-electron chi connectivity index (χ0n) is 2.49. The average Bonchev–Trinajstić information content (AvgIpc) is 1.00. The van der Waals surface area contributed by atoms with Gasteiger partial charge in [0.2, 0.25) is 0 Å². The Balaban J connectivity index is -0.00000000500. The molecule has 4 heavy (non-hydrogen) atoms. The molecule has 0 aliphatic rings. The largest absolute Gasteiger partial charge is 0 e. The summed E-state index contributed by atoms with van der Waals surface area (Å²) in [6.07, 6.45) is 0. The minimum Gasteiger partial charge on any atom is 0 e. The van der Waals surface area contributed by atoms with E-state index in [2.05, 4.69) is 0 Å². The van der Waals surface area contributed by atoms with Crippen LogP contribution in [0, 0.1) is 7.43 Å². The monoisotopic (exact) mass is 150 g/mol. The van der Waals surface area contributed by atoms with E-state index in [4.69, 9.17) is 3.83 Å². The molecule has 23 valence electrons. The van der Waals surface area contributed by atoms with Gasteiger partial charge in [0, 0.05) is 19.5 Å². The van der Waals surface area contributed by atoms with E-state index in [1.54, 1.807) is 15.9 Å². The molecule has 0 N–H and O–H groups in total. The minimum absolute atomic E-state index is 0. The summed E-state index contributed by atoms with van der Waals surface area (Å²) in [6.45, 7) is 0. The Morgan fingerprint density at radius 3 is 1.25 bits per heavy atom. The first-order valence-electron chi connectivity index (χ1n) is 0.154. The maximum atomic E-state index is 8.06. The number of rotatable bonds is 0. The molecule has 3 heteroatoms. The number of hydrogen-bond donors (Lipinski definition) is 0. The van der Waals surface area contributed by atoms with Crippen molar-refractivity contribution in [1.29, 1.82) is 0 Å². The van der Waals surface area contributed by atoms with Crippen molar-refractivity contribution in [1.82, 2.24) is 0 Å². The van der Waals surface area contributed by atoms with Crippen LogP contribution in [0.2, 0.25) is 0 Å². The van der Waals surface area contributed by atoms with E-state index < -0.39 is 0 Å². The summed E-state index contributed by atoms with van der Waals surface area (Å²) in [7, 11) is 0. The van der Waals surface area contributed by atoms with E-state index >= 15 is 0 Å². The molecule has 0 heterocycles. The Bertz CT molecular complexity index is 8.00. The summed E-state index contributed by atoms with van der Waals surface area (Å²) in [5.74, 6) is 0. The van der Waals surface area contributed by atoms with Gasteiger partial charge in [0.1, 0.15) is 0 Å². The molecule has 0 aromatic heterocycles. The third-order valence-corrected chi connectivity index (χ3v) is 0. The van der Waals surface area contributed by atoms with Gasteiger partial charge in [0.05, 0.1) is 0 Å². The third kappa shape index (κ3) is 12.5. The zero-order chi connectivity index (χ0) is 2.00. The second-order valence-corrected chi connectivity index (χ2v) is 0. The predicted molar refractivity (Wildman–Crippen MR) is 7.10 cm³/mol. The molecule has 1 nitrogen and oxygen atoms in total. The molecular weight excluding hydrogens is 148 g/mol. The topological polar surface area (TPSA) is 17.1 Å². The SMILES string of the molecule is [CH3-].[O]=[Mn].[Zn]. The molecule has 0 saturated heterocycles. The van der Waals surface area contributed by atoms with E-state index in [1.807, 2.05) is 0 Å². The molecule has 0 saturated carbocycles. The molecule has 0 aliphatic carbocycles. The van der Waals surface area contributed by atoms with Gasteiger partial charge in [-0.25, -0.2) is 0 Å². The fourth-order valence-electron chi connectivity index (χ4n) is 0. The molecule has 0 rings (SSSR count). The normalized spacial score (nSPS) is 1.00. The molecule has 0 atom stereocenters. The maximum absolute atomic E-state index is 8.06. The van der Waals surface area contributed by atoms with Gasteiger partial charge < -0.3 is 7.43 Å². The van der Waals surface area contributed by atoms with Crippen LogP contribution in [0.4, 0.5) is 0 Å². The first-order chi connectivity index (χ1) is 1.00. The first kappa shape index (κ1) is 20.4. The molecule has 0 aromatic rings. The van der Waals surface area contributed by atoms with Crippen LogP contribution in [-0.2, 0) is 39.3 Å². The fourth-order valence-corrected chi connectivity index (χ4v) is 0. The Kier molecular flexibility index (Phi) is 195. The van der Waals surface area contributed by atoms with Gasteiger partial charge in [-0.05, 0) is 0 Å². The van der Waals surface area contributed by atoms with Crippen molar-refractivity contribution in [2.24, 2.45) is 0 Å². The molecule has 0 unspecified atom stereocenters. The summed E-state index contributed by atoms with van der Waals surface area (Å²) in [6, 6.07) is 0. The molecule has 0 amide bonds. The van der Waals surface area contributed by atoms with Crippen molar-refractivity contribution >= 4 is 0 Å². The fraction of sp³-hybridized carbons (Fsp3) is 0. The standard InChI is InChI=1S/CH3.Mn.O.Zn/h1H3;;;/q-1;;;. The van der Waals surface area contributed by atoms with Gasteiger partial charge in [-0.3, -0.25) is 0 Å². The second-order valence-electron chi connectivity index (χ2n) is 0. The Morgan fingerprint density at radius 2 is 1.25 bits per heavy atom. The molecule has 0 fully saturated rings.